The molecule has 0 saturated carbocycles. The molecule has 3 nitrogen and oxygen atoms in total. The minimum Gasteiger partial charge on any atom is -0.383 e. The van der Waals surface area contributed by atoms with Gasteiger partial charge in [0, 0.05) is 6.42 Å². The molecule has 0 unspecified atom stereocenters. The Kier molecular flexibility index (Phi) is 3.53. The molecule has 2 N–H and O–H groups in total. The first-order valence-corrected chi connectivity index (χ1v) is 4.38. The van der Waals surface area contributed by atoms with E-state index in [2.05, 4.69) is 28.7 Å². The number of anilines is 1. The molecule has 0 saturated heterocycles. The van der Waals surface area contributed by atoms with Crippen molar-refractivity contribution in [1.82, 2.24) is 9.97 Å². The number of nitrogen functional groups attached to an aromatic ring is 1. The van der Waals surface area contributed by atoms with Crippen LogP contribution in [0.3, 0.4) is 0 Å². The summed E-state index contributed by atoms with van der Waals surface area (Å²) in [6.07, 6.45) is 3.16. The lowest BCUT2D eigenvalue weighted by Gasteiger charge is -1.96. The van der Waals surface area contributed by atoms with Gasteiger partial charge in [-0.2, -0.15) is 0 Å². The van der Waals surface area contributed by atoms with Gasteiger partial charge in [0.05, 0.1) is 0 Å². The molecule has 0 bridgehead atoms. The van der Waals surface area contributed by atoms with Crippen LogP contribution >= 0.6 is 11.6 Å². The van der Waals surface area contributed by atoms with Gasteiger partial charge in [0.2, 0.25) is 0 Å². The summed E-state index contributed by atoms with van der Waals surface area (Å²) in [6.45, 7) is 2.06. The zero-order valence-corrected chi connectivity index (χ0v) is 8.10. The van der Waals surface area contributed by atoms with E-state index in [1.807, 2.05) is 0 Å². The van der Waals surface area contributed by atoms with Gasteiger partial charge >= 0.3 is 0 Å². The van der Waals surface area contributed by atoms with E-state index >= 15 is 0 Å². The van der Waals surface area contributed by atoms with Gasteiger partial charge in [-0.1, -0.05) is 30.4 Å². The molecule has 0 atom stereocenters. The Morgan fingerprint density at radius 3 is 2.92 bits per heavy atom. The Balaban J connectivity index is 2.95. The summed E-state index contributed by atoms with van der Waals surface area (Å²) in [5, 5.41) is 0.316. The van der Waals surface area contributed by atoms with Gasteiger partial charge < -0.3 is 5.73 Å². The van der Waals surface area contributed by atoms with Gasteiger partial charge in [-0.25, -0.2) is 9.97 Å². The minimum absolute atomic E-state index is 0.316. The van der Waals surface area contributed by atoms with Crippen LogP contribution in [-0.4, -0.2) is 9.97 Å². The Morgan fingerprint density at radius 1 is 1.54 bits per heavy atom. The number of halogens is 1. The zero-order valence-electron chi connectivity index (χ0n) is 7.34. The molecule has 0 aliphatic rings. The van der Waals surface area contributed by atoms with Gasteiger partial charge in [0.25, 0.3) is 0 Å². The molecule has 0 fully saturated rings. The van der Waals surface area contributed by atoms with E-state index in [4.69, 9.17) is 17.3 Å². The normalized spacial score (nSPS) is 9.08. The number of rotatable bonds is 1. The average molecular weight is 196 g/mol. The van der Waals surface area contributed by atoms with Crippen molar-refractivity contribution in [2.45, 2.75) is 19.8 Å². The first kappa shape index (κ1) is 9.82. The van der Waals surface area contributed by atoms with Crippen molar-refractivity contribution >= 4 is 17.4 Å². The van der Waals surface area contributed by atoms with Crippen LogP contribution in [0.25, 0.3) is 0 Å². The van der Waals surface area contributed by atoms with Crippen LogP contribution < -0.4 is 5.73 Å². The highest BCUT2D eigenvalue weighted by Gasteiger charge is 2.02. The molecular weight excluding hydrogens is 186 g/mol. The van der Waals surface area contributed by atoms with Crippen molar-refractivity contribution in [2.24, 2.45) is 0 Å². The Morgan fingerprint density at radius 2 is 2.31 bits per heavy atom. The highest BCUT2D eigenvalue weighted by atomic mass is 35.5. The number of nitrogens with zero attached hydrogens (tertiary/aromatic N) is 2. The van der Waals surface area contributed by atoms with Crippen LogP contribution in [0.4, 0.5) is 5.82 Å². The standard InChI is InChI=1S/C9H10ClN3/c1-2-3-4-5-7-8(10)12-6-13-9(7)11/h6H,2-3H2,1H3,(H2,11,12,13). The molecule has 0 spiro atoms. The summed E-state index contributed by atoms with van der Waals surface area (Å²) >= 11 is 5.77. The maximum atomic E-state index is 5.77. The minimum atomic E-state index is 0.316. The van der Waals surface area contributed by atoms with Crippen molar-refractivity contribution in [3.05, 3.63) is 17.0 Å². The largest absolute Gasteiger partial charge is 0.383 e. The van der Waals surface area contributed by atoms with Crippen LogP contribution in [0.2, 0.25) is 5.15 Å². The van der Waals surface area contributed by atoms with E-state index in [0.29, 0.717) is 16.5 Å². The van der Waals surface area contributed by atoms with Gasteiger partial charge in [0.15, 0.2) is 0 Å². The van der Waals surface area contributed by atoms with Crippen LogP contribution in [0, 0.1) is 11.8 Å². The third-order valence-electron chi connectivity index (χ3n) is 1.42. The number of hydrogen-bond donors (Lipinski definition) is 1. The van der Waals surface area contributed by atoms with Crippen molar-refractivity contribution in [1.29, 1.82) is 0 Å². The molecule has 68 valence electrons. The van der Waals surface area contributed by atoms with Crippen molar-refractivity contribution in [2.75, 3.05) is 5.73 Å². The summed E-state index contributed by atoms with van der Waals surface area (Å²) in [7, 11) is 0. The third-order valence-corrected chi connectivity index (χ3v) is 1.71. The second-order valence-electron chi connectivity index (χ2n) is 2.48. The van der Waals surface area contributed by atoms with Crippen molar-refractivity contribution in [3.63, 3.8) is 0 Å². The highest BCUT2D eigenvalue weighted by Crippen LogP contribution is 2.14. The fourth-order valence-corrected chi connectivity index (χ4v) is 0.956. The Labute approximate surface area is 82.3 Å². The van der Waals surface area contributed by atoms with Crippen LogP contribution in [0.5, 0.6) is 0 Å². The van der Waals surface area contributed by atoms with E-state index in [0.717, 1.165) is 12.8 Å². The molecule has 0 aliphatic heterocycles. The first-order chi connectivity index (χ1) is 6.25. The quantitative estimate of drug-likeness (QED) is 0.550. The fraction of sp³-hybridized carbons (Fsp3) is 0.333. The van der Waals surface area contributed by atoms with Gasteiger partial charge in [-0.15, -0.1) is 0 Å². The lowest BCUT2D eigenvalue weighted by Crippen LogP contribution is -1.96. The van der Waals surface area contributed by atoms with Crippen LogP contribution in [0.1, 0.15) is 25.3 Å². The predicted octanol–water partition coefficient (Wildman–Crippen LogP) is 1.86. The maximum absolute atomic E-state index is 5.77. The molecule has 4 heteroatoms. The molecule has 0 radical (unpaired) electrons. The lowest BCUT2D eigenvalue weighted by molar-refractivity contribution is 0.983. The molecule has 13 heavy (non-hydrogen) atoms. The smallest absolute Gasteiger partial charge is 0.150 e. The fourth-order valence-electron chi connectivity index (χ4n) is 0.768. The van der Waals surface area contributed by atoms with Crippen molar-refractivity contribution < 1.29 is 0 Å². The Bertz CT molecular complexity index is 331. The second-order valence-corrected chi connectivity index (χ2v) is 2.83. The number of hydrogen-bond acceptors (Lipinski definition) is 3. The van der Waals surface area contributed by atoms with E-state index in [-0.39, 0.29) is 0 Å². The summed E-state index contributed by atoms with van der Waals surface area (Å²) in [6, 6.07) is 0. The van der Waals surface area contributed by atoms with Gasteiger partial charge in [-0.05, 0) is 6.42 Å². The Hall–Kier alpha value is -1.27. The SMILES string of the molecule is CCCC#Cc1c(N)ncnc1Cl. The van der Waals surface area contributed by atoms with E-state index < -0.39 is 0 Å². The highest BCUT2D eigenvalue weighted by molar-refractivity contribution is 6.30. The predicted molar refractivity (Wildman–Crippen MR) is 53.2 cm³/mol. The molecule has 1 rings (SSSR count). The van der Waals surface area contributed by atoms with E-state index in [9.17, 15) is 0 Å². The van der Waals surface area contributed by atoms with E-state index in [1.165, 1.54) is 6.33 Å². The lowest BCUT2D eigenvalue weighted by atomic mass is 10.3. The summed E-state index contributed by atoms with van der Waals surface area (Å²) < 4.78 is 0. The molecule has 1 aromatic heterocycles. The maximum Gasteiger partial charge on any atom is 0.150 e. The molecule has 1 heterocycles. The topological polar surface area (TPSA) is 51.8 Å². The molecule has 0 aromatic carbocycles. The molecular formula is C9H10ClN3. The van der Waals surface area contributed by atoms with Crippen molar-refractivity contribution in [3.8, 4) is 11.8 Å². The average Bonchev–Trinajstić information content (AvgIpc) is 2.10. The van der Waals surface area contributed by atoms with Crippen LogP contribution in [0.15, 0.2) is 6.33 Å². The zero-order chi connectivity index (χ0) is 9.68. The molecule has 1 aromatic rings. The molecule has 0 aliphatic carbocycles. The summed E-state index contributed by atoms with van der Waals surface area (Å²) in [4.78, 5) is 7.59. The van der Waals surface area contributed by atoms with Gasteiger partial charge in [-0.3, -0.25) is 0 Å². The third kappa shape index (κ3) is 2.60. The number of unbranched alkanes of at least 4 members (excludes halogenated alkanes) is 1. The van der Waals surface area contributed by atoms with Crippen LogP contribution in [-0.2, 0) is 0 Å². The van der Waals surface area contributed by atoms with E-state index in [1.54, 1.807) is 0 Å². The summed E-state index contributed by atoms with van der Waals surface area (Å²) in [5.41, 5.74) is 6.09. The van der Waals surface area contributed by atoms with Gasteiger partial charge in [0.1, 0.15) is 22.9 Å². The first-order valence-electron chi connectivity index (χ1n) is 4.00. The number of aromatic nitrogens is 2. The second kappa shape index (κ2) is 4.68. The number of nitrogens with two attached hydrogens (primary N) is 1. The molecule has 0 amide bonds. The summed E-state index contributed by atoms with van der Waals surface area (Å²) in [5.74, 6) is 6.13. The monoisotopic (exact) mass is 195 g/mol.